The van der Waals surface area contributed by atoms with Gasteiger partial charge < -0.3 is 9.53 Å². The molecule has 0 unspecified atom stereocenters. The van der Waals surface area contributed by atoms with Gasteiger partial charge in [-0.15, -0.1) is 0 Å². The second-order valence-electron chi connectivity index (χ2n) is 6.10. The van der Waals surface area contributed by atoms with Crippen molar-refractivity contribution in [3.8, 4) is 0 Å². The monoisotopic (exact) mass is 354 g/mol. The van der Waals surface area contributed by atoms with Gasteiger partial charge in [0.05, 0.1) is 11.0 Å². The summed E-state index contributed by atoms with van der Waals surface area (Å²) >= 11 is 0. The predicted molar refractivity (Wildman–Crippen MR) is 93.5 cm³/mol. The molecule has 7 heteroatoms. The van der Waals surface area contributed by atoms with Crippen molar-refractivity contribution in [3.05, 3.63) is 75.8 Å². The van der Waals surface area contributed by atoms with Crippen LogP contribution < -0.4 is 0 Å². The number of non-ortho nitro benzene ring substituents is 1. The van der Waals surface area contributed by atoms with E-state index in [0.717, 1.165) is 17.4 Å². The minimum absolute atomic E-state index is 0.0389. The first kappa shape index (κ1) is 17.6. The molecule has 0 aliphatic carbocycles. The maximum atomic E-state index is 12.2. The number of ether oxygens (including phenoxy) is 1. The number of nitro groups is 1. The van der Waals surface area contributed by atoms with Crippen LogP contribution in [0.25, 0.3) is 0 Å². The fraction of sp³-hybridized carbons (Fsp3) is 0.263. The van der Waals surface area contributed by atoms with Gasteiger partial charge in [0.2, 0.25) is 0 Å². The smallest absolute Gasteiger partial charge is 0.411 e. The van der Waals surface area contributed by atoms with Crippen LogP contribution in [0.5, 0.6) is 0 Å². The largest absolute Gasteiger partial charge is 0.445 e. The Morgan fingerprint density at radius 3 is 2.42 bits per heavy atom. The summed E-state index contributed by atoms with van der Waals surface area (Å²) in [4.78, 5) is 35.0. The summed E-state index contributed by atoms with van der Waals surface area (Å²) in [6.45, 7) is 0.164. The molecule has 0 spiro atoms. The summed E-state index contributed by atoms with van der Waals surface area (Å²) < 4.78 is 5.26. The van der Waals surface area contributed by atoms with Gasteiger partial charge >= 0.3 is 6.09 Å². The molecule has 1 amide bonds. The zero-order valence-electron chi connectivity index (χ0n) is 14.0. The van der Waals surface area contributed by atoms with Crippen molar-refractivity contribution < 1.29 is 19.2 Å². The lowest BCUT2D eigenvalue weighted by Gasteiger charge is -2.07. The number of amides is 1. The molecule has 2 aromatic carbocycles. The first-order valence-electron chi connectivity index (χ1n) is 8.28. The van der Waals surface area contributed by atoms with Gasteiger partial charge in [0.25, 0.3) is 5.69 Å². The van der Waals surface area contributed by atoms with Crippen molar-refractivity contribution in [3.63, 3.8) is 0 Å². The Morgan fingerprint density at radius 1 is 1.12 bits per heavy atom. The molecule has 1 aliphatic heterocycles. The van der Waals surface area contributed by atoms with Gasteiger partial charge in [0.1, 0.15) is 18.9 Å². The summed E-state index contributed by atoms with van der Waals surface area (Å²) in [6.07, 6.45) is 1.47. The Bertz CT molecular complexity index is 791. The first-order chi connectivity index (χ1) is 12.6. The molecular formula is C19H18N2O5. The Morgan fingerprint density at radius 2 is 1.81 bits per heavy atom. The molecule has 134 valence electrons. The maximum absolute atomic E-state index is 12.2. The molecule has 7 nitrogen and oxygen atoms in total. The highest BCUT2D eigenvalue weighted by Crippen LogP contribution is 2.32. The molecule has 0 aromatic heterocycles. The van der Waals surface area contributed by atoms with E-state index in [2.05, 4.69) is 0 Å². The summed E-state index contributed by atoms with van der Waals surface area (Å²) in [5, 5.41) is 10.7. The maximum Gasteiger partial charge on any atom is 0.411 e. The Kier molecular flexibility index (Phi) is 5.26. The molecule has 3 rings (SSSR count). The van der Waals surface area contributed by atoms with Gasteiger partial charge in [0.15, 0.2) is 0 Å². The molecule has 2 atom stereocenters. The van der Waals surface area contributed by atoms with Crippen molar-refractivity contribution in [2.24, 2.45) is 0 Å². The van der Waals surface area contributed by atoms with Crippen molar-refractivity contribution in [2.45, 2.75) is 31.5 Å². The number of nitrogens with zero attached hydrogens (tertiary/aromatic N) is 2. The molecule has 1 heterocycles. The minimum Gasteiger partial charge on any atom is -0.445 e. The number of nitro benzene ring substituents is 1. The van der Waals surface area contributed by atoms with Crippen molar-refractivity contribution in [2.75, 3.05) is 0 Å². The van der Waals surface area contributed by atoms with E-state index in [1.165, 1.54) is 17.0 Å². The van der Waals surface area contributed by atoms with Crippen LogP contribution in [0.15, 0.2) is 54.6 Å². The lowest BCUT2D eigenvalue weighted by Crippen LogP contribution is -2.17. The van der Waals surface area contributed by atoms with Gasteiger partial charge in [-0.05, 0) is 24.0 Å². The summed E-state index contributed by atoms with van der Waals surface area (Å²) in [5.74, 6) is 0. The second-order valence-corrected chi connectivity index (χ2v) is 6.10. The number of aldehydes is 1. The Balaban J connectivity index is 1.51. The van der Waals surface area contributed by atoms with E-state index in [-0.39, 0.29) is 18.3 Å². The predicted octanol–water partition coefficient (Wildman–Crippen LogP) is 3.12. The summed E-state index contributed by atoms with van der Waals surface area (Å²) in [5.41, 5.74) is 1.84. The highest BCUT2D eigenvalue weighted by molar-refractivity contribution is 5.80. The highest BCUT2D eigenvalue weighted by Gasteiger charge is 2.51. The molecule has 1 fully saturated rings. The van der Waals surface area contributed by atoms with Gasteiger partial charge in [-0.3, -0.25) is 15.0 Å². The molecule has 26 heavy (non-hydrogen) atoms. The number of carbonyl (C=O) groups is 2. The minimum atomic E-state index is -0.500. The zero-order chi connectivity index (χ0) is 18.5. The van der Waals surface area contributed by atoms with Crippen molar-refractivity contribution in [1.29, 1.82) is 0 Å². The van der Waals surface area contributed by atoms with E-state index in [4.69, 9.17) is 4.74 Å². The van der Waals surface area contributed by atoms with E-state index in [9.17, 15) is 19.7 Å². The molecule has 0 saturated carbocycles. The van der Waals surface area contributed by atoms with Crippen LogP contribution in [0.4, 0.5) is 10.5 Å². The van der Waals surface area contributed by atoms with Crippen LogP contribution in [0, 0.1) is 10.1 Å². The average Bonchev–Trinajstić information content (AvgIpc) is 3.39. The van der Waals surface area contributed by atoms with Gasteiger partial charge in [-0.25, -0.2) is 4.79 Å². The summed E-state index contributed by atoms with van der Waals surface area (Å²) in [6, 6.07) is 15.0. The van der Waals surface area contributed by atoms with Crippen LogP contribution >= 0.6 is 0 Å². The lowest BCUT2D eigenvalue weighted by atomic mass is 10.1. The Labute approximate surface area is 150 Å². The molecule has 1 saturated heterocycles. The van der Waals surface area contributed by atoms with Gasteiger partial charge in [0, 0.05) is 12.1 Å². The molecule has 2 aromatic rings. The standard InChI is InChI=1S/C19H18N2O5/c22-12-18-17(11-8-14-6-9-16(10-7-14)21(24)25)20(18)19(23)26-13-15-4-2-1-3-5-15/h1-7,9-10,12,17-18H,8,11,13H2/t17-,18-,20?/m1/s1. The topological polar surface area (TPSA) is 89.5 Å². The third-order valence-corrected chi connectivity index (χ3v) is 4.41. The van der Waals surface area contributed by atoms with E-state index >= 15 is 0 Å². The molecule has 0 bridgehead atoms. The van der Waals surface area contributed by atoms with E-state index in [1.54, 1.807) is 12.1 Å². The van der Waals surface area contributed by atoms with E-state index in [1.807, 2.05) is 30.3 Å². The lowest BCUT2D eigenvalue weighted by molar-refractivity contribution is -0.384. The number of aryl methyl sites for hydroxylation is 1. The molecule has 0 radical (unpaired) electrons. The van der Waals surface area contributed by atoms with Crippen molar-refractivity contribution in [1.82, 2.24) is 4.90 Å². The Hall–Kier alpha value is -3.22. The number of carbonyl (C=O) groups excluding carboxylic acids is 2. The quantitative estimate of drug-likeness (QED) is 0.330. The number of rotatable bonds is 7. The van der Waals surface area contributed by atoms with Crippen LogP contribution in [0.2, 0.25) is 0 Å². The first-order valence-corrected chi connectivity index (χ1v) is 8.28. The third kappa shape index (κ3) is 4.05. The van der Waals surface area contributed by atoms with Crippen LogP contribution in [-0.2, 0) is 22.6 Å². The molecule has 1 aliphatic rings. The zero-order valence-corrected chi connectivity index (χ0v) is 14.0. The third-order valence-electron chi connectivity index (χ3n) is 4.41. The highest BCUT2D eigenvalue weighted by atomic mass is 16.6. The van der Waals surface area contributed by atoms with Gasteiger partial charge in [-0.1, -0.05) is 42.5 Å². The number of benzene rings is 2. The van der Waals surface area contributed by atoms with Crippen LogP contribution in [0.1, 0.15) is 17.5 Å². The van der Waals surface area contributed by atoms with Crippen molar-refractivity contribution >= 4 is 18.1 Å². The average molecular weight is 354 g/mol. The van der Waals surface area contributed by atoms with Crippen LogP contribution in [0.3, 0.4) is 0 Å². The fourth-order valence-electron chi connectivity index (χ4n) is 2.92. The SMILES string of the molecule is O=C[C@@H]1[C@@H](CCc2ccc([N+](=O)[O-])cc2)N1C(=O)OCc1ccccc1. The summed E-state index contributed by atoms with van der Waals surface area (Å²) in [7, 11) is 0. The molecule has 0 N–H and O–H groups in total. The van der Waals surface area contributed by atoms with E-state index < -0.39 is 17.1 Å². The number of hydrogen-bond donors (Lipinski definition) is 0. The van der Waals surface area contributed by atoms with Gasteiger partial charge in [-0.2, -0.15) is 0 Å². The number of hydrogen-bond acceptors (Lipinski definition) is 5. The molecular weight excluding hydrogens is 336 g/mol. The fourth-order valence-corrected chi connectivity index (χ4v) is 2.92. The normalized spacial score (nSPS) is 18.2. The van der Waals surface area contributed by atoms with E-state index in [0.29, 0.717) is 12.8 Å². The van der Waals surface area contributed by atoms with Crippen LogP contribution in [-0.4, -0.2) is 34.3 Å². The second kappa shape index (κ2) is 7.77.